The molecule has 0 atom stereocenters. The Hall–Kier alpha value is -1.64. The van der Waals surface area contributed by atoms with Crippen LogP contribution in [0.1, 0.15) is 50.6 Å². The van der Waals surface area contributed by atoms with Crippen LogP contribution in [0.5, 0.6) is 0 Å². The highest BCUT2D eigenvalue weighted by atomic mass is 16.5. The van der Waals surface area contributed by atoms with Crippen LogP contribution in [0.15, 0.2) is 18.3 Å². The average molecular weight is 340 g/mol. The highest BCUT2D eigenvalue weighted by Gasteiger charge is 2.30. The summed E-state index contributed by atoms with van der Waals surface area (Å²) in [6, 6.07) is 6.76. The van der Waals surface area contributed by atoms with Gasteiger partial charge in [0.15, 0.2) is 0 Å². The normalized spacial score (nSPS) is 24.0. The molecule has 0 bridgehead atoms. The fraction of sp³-hybridized carbons (Fsp3) is 0.700. The molecule has 5 heteroatoms. The Morgan fingerprint density at radius 3 is 2.16 bits per heavy atom. The van der Waals surface area contributed by atoms with Gasteiger partial charge in [0.1, 0.15) is 11.8 Å². The van der Waals surface area contributed by atoms with E-state index in [1.54, 1.807) is 6.07 Å². The largest absolute Gasteiger partial charge is 0.375 e. The van der Waals surface area contributed by atoms with Crippen molar-refractivity contribution in [2.24, 2.45) is 0 Å². The van der Waals surface area contributed by atoms with Crippen LogP contribution < -0.4 is 4.90 Å². The van der Waals surface area contributed by atoms with E-state index in [9.17, 15) is 0 Å². The number of nitriles is 1. The minimum absolute atomic E-state index is 0.405. The highest BCUT2D eigenvalue weighted by Crippen LogP contribution is 2.29. The van der Waals surface area contributed by atoms with Crippen molar-refractivity contribution in [1.82, 2.24) is 9.88 Å². The first-order chi connectivity index (χ1) is 12.3. The number of piperidine rings is 2. The molecular formula is C20H28N4O. The number of hydrogen-bond donors (Lipinski definition) is 0. The lowest BCUT2D eigenvalue weighted by Crippen LogP contribution is -2.47. The summed E-state index contributed by atoms with van der Waals surface area (Å²) in [4.78, 5) is 9.22. The lowest BCUT2D eigenvalue weighted by molar-refractivity contribution is -0.0598. The summed E-state index contributed by atoms with van der Waals surface area (Å²) in [7, 11) is 0. The molecule has 0 amide bonds. The van der Waals surface area contributed by atoms with E-state index in [1.165, 1.54) is 45.2 Å². The Kier molecular flexibility index (Phi) is 5.19. The summed E-state index contributed by atoms with van der Waals surface area (Å²) >= 11 is 0. The van der Waals surface area contributed by atoms with E-state index in [2.05, 4.69) is 20.9 Å². The number of anilines is 1. The van der Waals surface area contributed by atoms with Crippen LogP contribution in [0, 0.1) is 11.3 Å². The topological polar surface area (TPSA) is 52.4 Å². The molecule has 2 saturated heterocycles. The molecule has 25 heavy (non-hydrogen) atoms. The molecule has 3 heterocycles. The molecule has 3 fully saturated rings. The molecule has 0 unspecified atom stereocenters. The van der Waals surface area contributed by atoms with Crippen molar-refractivity contribution >= 4 is 5.69 Å². The molecule has 0 radical (unpaired) electrons. The van der Waals surface area contributed by atoms with Gasteiger partial charge in [-0.25, -0.2) is 4.98 Å². The van der Waals surface area contributed by atoms with Gasteiger partial charge in [-0.2, -0.15) is 5.26 Å². The summed E-state index contributed by atoms with van der Waals surface area (Å²) in [5.74, 6) is 0. The molecule has 3 aliphatic rings. The van der Waals surface area contributed by atoms with Crippen LogP contribution in [0.2, 0.25) is 0 Å². The Labute approximate surface area is 150 Å². The second-order valence-corrected chi connectivity index (χ2v) is 7.66. The number of ether oxygens (including phenoxy) is 1. The standard InChI is InChI=1S/C20H28N4O/c21-14-16-4-5-18(15-22-16)24-12-8-20(9-13-24)25-19-6-10-23(11-7-19)17-2-1-3-17/h4-5,15,17,19-20H,1-3,6-13H2. The third-order valence-electron chi connectivity index (χ3n) is 6.12. The molecule has 5 nitrogen and oxygen atoms in total. The zero-order chi connectivity index (χ0) is 17.1. The number of hydrogen-bond acceptors (Lipinski definition) is 5. The number of rotatable bonds is 4. The van der Waals surface area contributed by atoms with Gasteiger partial charge in [-0.1, -0.05) is 6.42 Å². The van der Waals surface area contributed by atoms with Crippen molar-refractivity contribution in [2.75, 3.05) is 31.1 Å². The number of aromatic nitrogens is 1. The zero-order valence-electron chi connectivity index (χ0n) is 14.9. The summed E-state index contributed by atoms with van der Waals surface area (Å²) in [6.45, 7) is 4.48. The van der Waals surface area contributed by atoms with Gasteiger partial charge in [0.25, 0.3) is 0 Å². The predicted molar refractivity (Wildman–Crippen MR) is 97.5 cm³/mol. The molecule has 1 aliphatic carbocycles. The van der Waals surface area contributed by atoms with E-state index in [0.29, 0.717) is 17.9 Å². The molecule has 0 aromatic carbocycles. The average Bonchev–Trinajstić information content (AvgIpc) is 2.63. The van der Waals surface area contributed by atoms with Crippen LogP contribution >= 0.6 is 0 Å². The molecule has 1 aromatic rings. The number of nitrogens with zero attached hydrogens (tertiary/aromatic N) is 4. The second-order valence-electron chi connectivity index (χ2n) is 7.66. The Bertz CT molecular complexity index is 591. The minimum Gasteiger partial charge on any atom is -0.375 e. The molecule has 1 aromatic heterocycles. The van der Waals surface area contributed by atoms with Gasteiger partial charge in [-0.15, -0.1) is 0 Å². The van der Waals surface area contributed by atoms with Gasteiger partial charge in [0.05, 0.1) is 24.1 Å². The third-order valence-corrected chi connectivity index (χ3v) is 6.12. The molecule has 0 spiro atoms. The Morgan fingerprint density at radius 1 is 0.960 bits per heavy atom. The lowest BCUT2D eigenvalue weighted by atomic mass is 9.89. The summed E-state index contributed by atoms with van der Waals surface area (Å²) < 4.78 is 6.42. The Balaban J connectivity index is 1.20. The van der Waals surface area contributed by atoms with E-state index in [1.807, 2.05) is 12.3 Å². The van der Waals surface area contributed by atoms with Crippen molar-refractivity contribution < 1.29 is 4.74 Å². The van der Waals surface area contributed by atoms with Crippen LogP contribution in [-0.4, -0.2) is 54.3 Å². The van der Waals surface area contributed by atoms with Crippen molar-refractivity contribution in [3.8, 4) is 6.07 Å². The van der Waals surface area contributed by atoms with Crippen LogP contribution in [0.25, 0.3) is 0 Å². The van der Waals surface area contributed by atoms with Crippen LogP contribution in [-0.2, 0) is 4.74 Å². The Morgan fingerprint density at radius 2 is 1.64 bits per heavy atom. The monoisotopic (exact) mass is 340 g/mol. The van der Waals surface area contributed by atoms with Crippen molar-refractivity contribution in [3.05, 3.63) is 24.0 Å². The maximum absolute atomic E-state index is 8.85. The van der Waals surface area contributed by atoms with Crippen molar-refractivity contribution in [3.63, 3.8) is 0 Å². The predicted octanol–water partition coefficient (Wildman–Crippen LogP) is 2.96. The number of pyridine rings is 1. The van der Waals surface area contributed by atoms with Gasteiger partial charge in [0.2, 0.25) is 0 Å². The first kappa shape index (κ1) is 16.8. The van der Waals surface area contributed by atoms with Gasteiger partial charge in [-0.05, 0) is 50.7 Å². The fourth-order valence-electron chi connectivity index (χ4n) is 4.29. The van der Waals surface area contributed by atoms with E-state index in [0.717, 1.165) is 37.7 Å². The first-order valence-corrected chi connectivity index (χ1v) is 9.82. The lowest BCUT2D eigenvalue weighted by Gasteiger charge is -2.43. The fourth-order valence-corrected chi connectivity index (χ4v) is 4.29. The van der Waals surface area contributed by atoms with Gasteiger partial charge >= 0.3 is 0 Å². The smallest absolute Gasteiger partial charge is 0.140 e. The van der Waals surface area contributed by atoms with E-state index < -0.39 is 0 Å². The SMILES string of the molecule is N#Cc1ccc(N2CCC(OC3CCN(C4CCC4)CC3)CC2)cn1. The van der Waals surface area contributed by atoms with Crippen molar-refractivity contribution in [2.45, 2.75) is 63.2 Å². The molecule has 1 saturated carbocycles. The summed E-state index contributed by atoms with van der Waals surface area (Å²) in [5.41, 5.74) is 1.60. The van der Waals surface area contributed by atoms with Gasteiger partial charge in [0, 0.05) is 32.2 Å². The van der Waals surface area contributed by atoms with E-state index in [-0.39, 0.29) is 0 Å². The number of likely N-dealkylation sites (tertiary alicyclic amines) is 1. The van der Waals surface area contributed by atoms with Crippen LogP contribution in [0.4, 0.5) is 5.69 Å². The van der Waals surface area contributed by atoms with Gasteiger partial charge in [-0.3, -0.25) is 0 Å². The molecule has 134 valence electrons. The van der Waals surface area contributed by atoms with Gasteiger partial charge < -0.3 is 14.5 Å². The van der Waals surface area contributed by atoms with Crippen molar-refractivity contribution in [1.29, 1.82) is 5.26 Å². The molecule has 0 N–H and O–H groups in total. The third kappa shape index (κ3) is 3.96. The van der Waals surface area contributed by atoms with E-state index in [4.69, 9.17) is 10.00 Å². The first-order valence-electron chi connectivity index (χ1n) is 9.82. The summed E-state index contributed by atoms with van der Waals surface area (Å²) in [5, 5.41) is 8.85. The maximum atomic E-state index is 8.85. The summed E-state index contributed by atoms with van der Waals surface area (Å²) in [6.07, 6.45) is 11.5. The molecule has 4 rings (SSSR count). The maximum Gasteiger partial charge on any atom is 0.140 e. The van der Waals surface area contributed by atoms with Crippen LogP contribution in [0.3, 0.4) is 0 Å². The zero-order valence-corrected chi connectivity index (χ0v) is 14.9. The minimum atomic E-state index is 0.405. The second kappa shape index (κ2) is 7.72. The van der Waals surface area contributed by atoms with E-state index >= 15 is 0 Å². The molecule has 2 aliphatic heterocycles. The highest BCUT2D eigenvalue weighted by molar-refractivity contribution is 5.46. The quantitative estimate of drug-likeness (QED) is 0.843. The molecular weight excluding hydrogens is 312 g/mol.